The Morgan fingerprint density at radius 1 is 1.25 bits per heavy atom. The maximum absolute atomic E-state index is 12.5. The Kier molecular flexibility index (Phi) is 3.30. The number of rotatable bonds is 1. The third-order valence-corrected chi connectivity index (χ3v) is 4.65. The molecule has 5 nitrogen and oxygen atoms in total. The second-order valence-electron chi connectivity index (χ2n) is 5.93. The average molecular weight is 276 g/mol. The third kappa shape index (κ3) is 2.22. The minimum absolute atomic E-state index is 0.0452. The number of nitrogens with two attached hydrogens (primary N) is 1. The Labute approximate surface area is 118 Å². The number of hydrogen-bond donors (Lipinski definition) is 3. The summed E-state index contributed by atoms with van der Waals surface area (Å²) in [7, 11) is 0. The van der Waals surface area contributed by atoms with Gasteiger partial charge in [-0.25, -0.2) is 0 Å². The Balaban J connectivity index is 1.78. The van der Waals surface area contributed by atoms with Gasteiger partial charge < -0.3 is 20.8 Å². The summed E-state index contributed by atoms with van der Waals surface area (Å²) in [6.07, 6.45) is 3.30. The van der Waals surface area contributed by atoms with Crippen molar-refractivity contribution < 1.29 is 15.0 Å². The highest BCUT2D eigenvalue weighted by Crippen LogP contribution is 2.36. The normalized spacial score (nSPS) is 29.2. The predicted octanol–water partition coefficient (Wildman–Crippen LogP) is 1.30. The van der Waals surface area contributed by atoms with Crippen molar-refractivity contribution in [2.75, 3.05) is 13.1 Å². The molecule has 108 valence electrons. The average Bonchev–Trinajstić information content (AvgIpc) is 2.83. The van der Waals surface area contributed by atoms with Gasteiger partial charge in [0.2, 0.25) is 0 Å². The van der Waals surface area contributed by atoms with Crippen LogP contribution < -0.4 is 5.73 Å². The number of likely N-dealkylation sites (tertiary alicyclic amines) is 1. The molecule has 4 N–H and O–H groups in total. The van der Waals surface area contributed by atoms with Crippen LogP contribution in [0.2, 0.25) is 0 Å². The molecule has 1 aromatic rings. The van der Waals surface area contributed by atoms with Gasteiger partial charge in [-0.2, -0.15) is 0 Å². The van der Waals surface area contributed by atoms with E-state index in [1.54, 1.807) is 4.90 Å². The van der Waals surface area contributed by atoms with Crippen LogP contribution >= 0.6 is 0 Å². The highest BCUT2D eigenvalue weighted by Gasteiger charge is 2.40. The van der Waals surface area contributed by atoms with Crippen molar-refractivity contribution in [3.8, 4) is 11.5 Å². The topological polar surface area (TPSA) is 86.8 Å². The van der Waals surface area contributed by atoms with E-state index >= 15 is 0 Å². The predicted molar refractivity (Wildman–Crippen MR) is 74.5 cm³/mol. The van der Waals surface area contributed by atoms with Crippen molar-refractivity contribution in [1.82, 2.24) is 4.90 Å². The smallest absolute Gasteiger partial charge is 0.257 e. The number of phenolic OH excluding ortho intramolecular Hbond substituents is 2. The van der Waals surface area contributed by atoms with Gasteiger partial charge >= 0.3 is 0 Å². The van der Waals surface area contributed by atoms with Gasteiger partial charge in [-0.05, 0) is 36.8 Å². The van der Waals surface area contributed by atoms with Gasteiger partial charge in [-0.1, -0.05) is 6.42 Å². The van der Waals surface area contributed by atoms with E-state index in [-0.39, 0.29) is 29.0 Å². The van der Waals surface area contributed by atoms with Crippen molar-refractivity contribution in [3.63, 3.8) is 0 Å². The molecule has 0 spiro atoms. The van der Waals surface area contributed by atoms with Crippen molar-refractivity contribution in [2.45, 2.75) is 25.3 Å². The summed E-state index contributed by atoms with van der Waals surface area (Å²) in [6.45, 7) is 1.39. The van der Waals surface area contributed by atoms with Crippen LogP contribution in [0.5, 0.6) is 11.5 Å². The molecule has 1 aliphatic carbocycles. The van der Waals surface area contributed by atoms with E-state index in [1.165, 1.54) is 18.2 Å². The highest BCUT2D eigenvalue weighted by atomic mass is 16.3. The number of benzene rings is 1. The van der Waals surface area contributed by atoms with Crippen molar-refractivity contribution in [1.29, 1.82) is 0 Å². The molecule has 1 amide bonds. The SMILES string of the molecule is NC1CCCC2CN(C(=O)c3ccc(O)cc3O)CC12. The molecule has 1 aromatic carbocycles. The monoisotopic (exact) mass is 276 g/mol. The minimum Gasteiger partial charge on any atom is -0.508 e. The summed E-state index contributed by atoms with van der Waals surface area (Å²) in [5, 5.41) is 19.1. The fraction of sp³-hybridized carbons (Fsp3) is 0.533. The van der Waals surface area contributed by atoms with E-state index < -0.39 is 0 Å². The molecular formula is C15H20N2O3. The Morgan fingerprint density at radius 3 is 2.75 bits per heavy atom. The molecule has 3 rings (SSSR count). The summed E-state index contributed by atoms with van der Waals surface area (Å²) >= 11 is 0. The number of phenols is 2. The lowest BCUT2D eigenvalue weighted by molar-refractivity contribution is 0.0780. The van der Waals surface area contributed by atoms with E-state index in [0.29, 0.717) is 18.4 Å². The van der Waals surface area contributed by atoms with Crippen LogP contribution in [0.1, 0.15) is 29.6 Å². The summed E-state index contributed by atoms with van der Waals surface area (Å²) in [6, 6.07) is 4.26. The van der Waals surface area contributed by atoms with Gasteiger partial charge in [0.25, 0.3) is 5.91 Å². The van der Waals surface area contributed by atoms with Crippen molar-refractivity contribution in [3.05, 3.63) is 23.8 Å². The molecule has 2 fully saturated rings. The first-order valence-electron chi connectivity index (χ1n) is 7.13. The van der Waals surface area contributed by atoms with E-state index in [2.05, 4.69) is 0 Å². The lowest BCUT2D eigenvalue weighted by Gasteiger charge is -2.29. The number of nitrogens with zero attached hydrogens (tertiary/aromatic N) is 1. The van der Waals surface area contributed by atoms with Crippen molar-refractivity contribution in [2.24, 2.45) is 17.6 Å². The lowest BCUT2D eigenvalue weighted by Crippen LogP contribution is -2.38. The number of carbonyl (C=O) groups excluding carboxylic acids is 1. The summed E-state index contributed by atoms with van der Waals surface area (Å²) in [5.74, 6) is 0.475. The first kappa shape index (κ1) is 13.2. The van der Waals surface area contributed by atoms with E-state index in [4.69, 9.17) is 5.73 Å². The van der Waals surface area contributed by atoms with Crippen LogP contribution in [0, 0.1) is 11.8 Å². The quantitative estimate of drug-likeness (QED) is 0.721. The Morgan fingerprint density at radius 2 is 2.05 bits per heavy atom. The first-order valence-corrected chi connectivity index (χ1v) is 7.13. The molecule has 1 saturated carbocycles. The fourth-order valence-corrected chi connectivity index (χ4v) is 3.55. The molecule has 0 aromatic heterocycles. The molecule has 20 heavy (non-hydrogen) atoms. The number of amides is 1. The molecule has 0 bridgehead atoms. The number of fused-ring (bicyclic) bond motifs is 1. The van der Waals surface area contributed by atoms with Gasteiger partial charge in [0.05, 0.1) is 5.56 Å². The standard InChI is InChI=1S/C15H20N2O3/c16-13-3-1-2-9-7-17(8-12(9)13)15(20)11-5-4-10(18)6-14(11)19/h4-6,9,12-13,18-19H,1-3,7-8,16H2. The molecule has 5 heteroatoms. The maximum Gasteiger partial charge on any atom is 0.257 e. The highest BCUT2D eigenvalue weighted by molar-refractivity contribution is 5.97. The zero-order valence-corrected chi connectivity index (χ0v) is 11.3. The van der Waals surface area contributed by atoms with Gasteiger partial charge in [0.1, 0.15) is 11.5 Å². The molecule has 1 saturated heterocycles. The van der Waals surface area contributed by atoms with E-state index in [1.807, 2.05) is 0 Å². The summed E-state index contributed by atoms with van der Waals surface area (Å²) in [5.41, 5.74) is 6.40. The van der Waals surface area contributed by atoms with E-state index in [0.717, 1.165) is 25.8 Å². The summed E-state index contributed by atoms with van der Waals surface area (Å²) in [4.78, 5) is 14.3. The van der Waals surface area contributed by atoms with Gasteiger partial charge in [0.15, 0.2) is 0 Å². The van der Waals surface area contributed by atoms with Crippen molar-refractivity contribution >= 4 is 5.91 Å². The largest absolute Gasteiger partial charge is 0.508 e. The Hall–Kier alpha value is -1.75. The molecule has 3 atom stereocenters. The maximum atomic E-state index is 12.5. The molecular weight excluding hydrogens is 256 g/mol. The van der Waals surface area contributed by atoms with Crippen LogP contribution in [0.25, 0.3) is 0 Å². The molecule has 1 aliphatic heterocycles. The number of hydrogen-bond acceptors (Lipinski definition) is 4. The van der Waals surface area contributed by atoms with Crippen LogP contribution in [0.4, 0.5) is 0 Å². The molecule has 0 radical (unpaired) electrons. The second-order valence-corrected chi connectivity index (χ2v) is 5.93. The van der Waals surface area contributed by atoms with E-state index in [9.17, 15) is 15.0 Å². The second kappa shape index (κ2) is 4.98. The van der Waals surface area contributed by atoms with Crippen LogP contribution in [0.3, 0.4) is 0 Å². The number of carbonyl (C=O) groups is 1. The zero-order chi connectivity index (χ0) is 14.3. The zero-order valence-electron chi connectivity index (χ0n) is 11.3. The first-order chi connectivity index (χ1) is 9.56. The summed E-state index contributed by atoms with van der Waals surface area (Å²) < 4.78 is 0. The number of aromatic hydroxyl groups is 2. The molecule has 3 unspecified atom stereocenters. The third-order valence-electron chi connectivity index (χ3n) is 4.65. The van der Waals surface area contributed by atoms with Crippen LogP contribution in [-0.4, -0.2) is 40.2 Å². The minimum atomic E-state index is -0.177. The lowest BCUT2D eigenvalue weighted by atomic mass is 9.78. The van der Waals surface area contributed by atoms with Crippen LogP contribution in [0.15, 0.2) is 18.2 Å². The van der Waals surface area contributed by atoms with Gasteiger partial charge in [0, 0.05) is 25.2 Å². The fourth-order valence-electron chi connectivity index (χ4n) is 3.55. The Bertz CT molecular complexity index is 532. The molecule has 1 heterocycles. The molecule has 2 aliphatic rings. The van der Waals surface area contributed by atoms with Crippen LogP contribution in [-0.2, 0) is 0 Å². The van der Waals surface area contributed by atoms with Gasteiger partial charge in [-0.3, -0.25) is 4.79 Å². The van der Waals surface area contributed by atoms with Gasteiger partial charge in [-0.15, -0.1) is 0 Å².